The number of benzene rings is 1. The lowest BCUT2D eigenvalue weighted by molar-refractivity contribution is 0.196. The Labute approximate surface area is 68.2 Å². The third-order valence-corrected chi connectivity index (χ3v) is 1.54. The van der Waals surface area contributed by atoms with Crippen LogP contribution in [0.4, 0.5) is 8.78 Å². The Kier molecular flexibility index (Phi) is 1.64. The molecule has 0 fully saturated rings. The van der Waals surface area contributed by atoms with Crippen molar-refractivity contribution in [3.63, 3.8) is 0 Å². The van der Waals surface area contributed by atoms with Crippen LogP contribution in [0, 0.1) is 0 Å². The fourth-order valence-corrected chi connectivity index (χ4v) is 1.02. The molecule has 0 atom stereocenters. The van der Waals surface area contributed by atoms with Crippen molar-refractivity contribution < 1.29 is 18.1 Å². The van der Waals surface area contributed by atoms with Crippen LogP contribution in [0.2, 0.25) is 0 Å². The third-order valence-electron chi connectivity index (χ3n) is 1.54. The van der Waals surface area contributed by atoms with Gasteiger partial charge in [-0.05, 0) is 12.1 Å². The van der Waals surface area contributed by atoms with Gasteiger partial charge in [-0.25, -0.2) is 8.78 Å². The standard InChI is InChI=1S/C7H5BF2O2/c9-7(10)8-11-5-3-1-2-4-6(5)12-8/h1-4,7H. The summed E-state index contributed by atoms with van der Waals surface area (Å²) >= 11 is 0. The van der Waals surface area contributed by atoms with Gasteiger partial charge < -0.3 is 9.31 Å². The van der Waals surface area contributed by atoms with Crippen molar-refractivity contribution in [3.8, 4) is 11.5 Å². The monoisotopic (exact) mass is 170 g/mol. The lowest BCUT2D eigenvalue weighted by Gasteiger charge is -2.00. The van der Waals surface area contributed by atoms with E-state index in [4.69, 9.17) is 9.31 Å². The number of halogens is 2. The van der Waals surface area contributed by atoms with Gasteiger partial charge >= 0.3 is 13.4 Å². The Morgan fingerprint density at radius 3 is 2.00 bits per heavy atom. The summed E-state index contributed by atoms with van der Waals surface area (Å²) in [5.41, 5.74) is 0. The minimum atomic E-state index is -2.61. The van der Waals surface area contributed by atoms with Gasteiger partial charge in [0.2, 0.25) is 0 Å². The molecular weight excluding hydrogens is 165 g/mol. The number of hydrogen-bond donors (Lipinski definition) is 0. The molecule has 1 aromatic carbocycles. The van der Waals surface area contributed by atoms with Crippen LogP contribution in [0.15, 0.2) is 24.3 Å². The molecule has 0 unspecified atom stereocenters. The van der Waals surface area contributed by atoms with E-state index in [0.717, 1.165) is 0 Å². The predicted molar refractivity (Wildman–Crippen MR) is 39.5 cm³/mol. The zero-order valence-electron chi connectivity index (χ0n) is 6.04. The summed E-state index contributed by atoms with van der Waals surface area (Å²) < 4.78 is 33.7. The Morgan fingerprint density at radius 2 is 1.58 bits per heavy atom. The van der Waals surface area contributed by atoms with Crippen LogP contribution in [0.3, 0.4) is 0 Å². The van der Waals surface area contributed by atoms with Gasteiger partial charge in [-0.2, -0.15) is 0 Å². The average molecular weight is 170 g/mol. The second-order valence-corrected chi connectivity index (χ2v) is 2.39. The van der Waals surface area contributed by atoms with E-state index in [1.807, 2.05) is 0 Å². The lowest BCUT2D eigenvalue weighted by atomic mass is 9.92. The summed E-state index contributed by atoms with van der Waals surface area (Å²) in [5, 5.41) is 0. The van der Waals surface area contributed by atoms with Gasteiger partial charge in [0.1, 0.15) is 11.5 Å². The molecule has 1 aromatic rings. The number of hydrogen-bond acceptors (Lipinski definition) is 2. The molecule has 0 N–H and O–H groups in total. The first-order chi connectivity index (χ1) is 5.77. The second kappa shape index (κ2) is 2.66. The van der Waals surface area contributed by atoms with Crippen LogP contribution in [-0.2, 0) is 0 Å². The minimum Gasteiger partial charge on any atom is -0.520 e. The van der Waals surface area contributed by atoms with Crippen LogP contribution >= 0.6 is 0 Å². The van der Waals surface area contributed by atoms with Crippen LogP contribution in [0.25, 0.3) is 0 Å². The van der Waals surface area contributed by atoms with Crippen molar-refractivity contribution in [3.05, 3.63) is 24.3 Å². The van der Waals surface area contributed by atoms with E-state index in [9.17, 15) is 8.78 Å². The minimum absolute atomic E-state index is 0.378. The maximum absolute atomic E-state index is 12.1. The summed E-state index contributed by atoms with van der Waals surface area (Å²) in [7, 11) is -1.44. The molecule has 0 saturated carbocycles. The second-order valence-electron chi connectivity index (χ2n) is 2.39. The van der Waals surface area contributed by atoms with Crippen LogP contribution in [0.5, 0.6) is 11.5 Å². The van der Waals surface area contributed by atoms with Crippen LogP contribution in [-0.4, -0.2) is 13.4 Å². The molecule has 12 heavy (non-hydrogen) atoms. The topological polar surface area (TPSA) is 18.5 Å². The normalized spacial score (nSPS) is 14.1. The molecule has 1 heterocycles. The number of para-hydroxylation sites is 2. The molecule has 1 aliphatic rings. The molecule has 0 bridgehead atoms. The molecule has 0 amide bonds. The summed E-state index contributed by atoms with van der Waals surface area (Å²) in [6, 6.07) is 6.60. The third kappa shape index (κ3) is 1.11. The van der Waals surface area contributed by atoms with E-state index in [-0.39, 0.29) is 0 Å². The van der Waals surface area contributed by atoms with E-state index in [2.05, 4.69) is 0 Å². The van der Waals surface area contributed by atoms with E-state index in [1.165, 1.54) is 0 Å². The summed E-state index contributed by atoms with van der Waals surface area (Å²) in [5.74, 6) is 0.755. The SMILES string of the molecule is FC(F)B1Oc2ccccc2O1. The van der Waals surface area contributed by atoms with E-state index in [1.54, 1.807) is 24.3 Å². The predicted octanol–water partition coefficient (Wildman–Crippen LogP) is 1.75. The Morgan fingerprint density at radius 1 is 1.08 bits per heavy atom. The Balaban J connectivity index is 2.22. The summed E-state index contributed by atoms with van der Waals surface area (Å²) in [6.07, 6.45) is -2.61. The molecule has 0 radical (unpaired) electrons. The number of fused-ring (bicyclic) bond motifs is 1. The van der Waals surface area contributed by atoms with Gasteiger partial charge in [-0.1, -0.05) is 12.1 Å². The molecule has 0 aromatic heterocycles. The lowest BCUT2D eigenvalue weighted by Crippen LogP contribution is -2.33. The van der Waals surface area contributed by atoms with Gasteiger partial charge in [0.05, 0.1) is 0 Å². The van der Waals surface area contributed by atoms with E-state index < -0.39 is 13.4 Å². The molecule has 62 valence electrons. The van der Waals surface area contributed by atoms with Gasteiger partial charge in [0.25, 0.3) is 0 Å². The van der Waals surface area contributed by atoms with Crippen LogP contribution in [0.1, 0.15) is 0 Å². The van der Waals surface area contributed by atoms with Crippen molar-refractivity contribution in [1.29, 1.82) is 0 Å². The van der Waals surface area contributed by atoms with Crippen molar-refractivity contribution in [2.75, 3.05) is 0 Å². The first kappa shape index (κ1) is 7.40. The first-order valence-electron chi connectivity index (χ1n) is 3.48. The van der Waals surface area contributed by atoms with E-state index >= 15 is 0 Å². The highest BCUT2D eigenvalue weighted by Gasteiger charge is 2.41. The fourth-order valence-electron chi connectivity index (χ4n) is 1.02. The largest absolute Gasteiger partial charge is 0.666 e. The molecule has 1 aliphatic heterocycles. The Hall–Kier alpha value is -1.26. The highest BCUT2D eigenvalue weighted by atomic mass is 19.3. The zero-order valence-corrected chi connectivity index (χ0v) is 6.04. The highest BCUT2D eigenvalue weighted by molar-refractivity contribution is 6.48. The quantitative estimate of drug-likeness (QED) is 0.597. The molecule has 2 rings (SSSR count). The molecule has 0 aliphatic carbocycles. The van der Waals surface area contributed by atoms with E-state index in [0.29, 0.717) is 11.5 Å². The van der Waals surface area contributed by atoms with Crippen molar-refractivity contribution in [2.45, 2.75) is 6.32 Å². The van der Waals surface area contributed by atoms with Crippen molar-refractivity contribution >= 4 is 7.12 Å². The van der Waals surface area contributed by atoms with Gasteiger partial charge in [-0.3, -0.25) is 0 Å². The zero-order chi connectivity index (χ0) is 8.55. The first-order valence-corrected chi connectivity index (χ1v) is 3.48. The maximum atomic E-state index is 12.1. The summed E-state index contributed by atoms with van der Waals surface area (Å²) in [6.45, 7) is 0. The average Bonchev–Trinajstić information content (AvgIpc) is 2.46. The van der Waals surface area contributed by atoms with Gasteiger partial charge in [-0.15, -0.1) is 0 Å². The molecule has 0 spiro atoms. The van der Waals surface area contributed by atoms with Crippen molar-refractivity contribution in [2.24, 2.45) is 0 Å². The smallest absolute Gasteiger partial charge is 0.520 e. The highest BCUT2D eigenvalue weighted by Crippen LogP contribution is 2.33. The van der Waals surface area contributed by atoms with Crippen molar-refractivity contribution in [1.82, 2.24) is 0 Å². The summed E-state index contributed by atoms with van der Waals surface area (Å²) in [4.78, 5) is 0. The maximum Gasteiger partial charge on any atom is 0.666 e. The number of alkyl halides is 2. The molecule has 5 heteroatoms. The van der Waals surface area contributed by atoms with Gasteiger partial charge in [0, 0.05) is 0 Å². The van der Waals surface area contributed by atoms with Gasteiger partial charge in [0.15, 0.2) is 0 Å². The Bertz CT molecular complexity index is 267. The molecule has 0 saturated heterocycles. The fraction of sp³-hybridized carbons (Fsp3) is 0.143. The molecule has 2 nitrogen and oxygen atoms in total. The number of rotatable bonds is 1. The molecular formula is C7H5BF2O2. The van der Waals surface area contributed by atoms with Crippen LogP contribution < -0.4 is 9.31 Å².